The van der Waals surface area contributed by atoms with E-state index < -0.39 is 5.82 Å². The zero-order valence-corrected chi connectivity index (χ0v) is 11.5. The maximum atomic E-state index is 13.0. The van der Waals surface area contributed by atoms with Crippen molar-refractivity contribution in [3.05, 3.63) is 46.8 Å². The molecule has 0 heterocycles. The van der Waals surface area contributed by atoms with Crippen LogP contribution in [0.2, 0.25) is 5.02 Å². The molecule has 0 fully saturated rings. The summed E-state index contributed by atoms with van der Waals surface area (Å²) in [6.45, 7) is 0.555. The molecule has 1 aromatic carbocycles. The van der Waals surface area contributed by atoms with Crippen LogP contribution in [0.25, 0.3) is 0 Å². The molecule has 0 atom stereocenters. The minimum absolute atomic E-state index is 0.141. The average molecular weight is 282 g/mol. The largest absolute Gasteiger partial charge is 0.353 e. The van der Waals surface area contributed by atoms with Gasteiger partial charge in [0.15, 0.2) is 5.96 Å². The van der Waals surface area contributed by atoms with Gasteiger partial charge >= 0.3 is 0 Å². The summed E-state index contributed by atoms with van der Waals surface area (Å²) in [6.07, 6.45) is 6.35. The van der Waals surface area contributed by atoms with E-state index in [9.17, 15) is 4.39 Å². The average Bonchev–Trinajstić information content (AvgIpc) is 2.91. The van der Waals surface area contributed by atoms with Crippen molar-refractivity contribution >= 4 is 17.6 Å². The van der Waals surface area contributed by atoms with Crippen LogP contribution < -0.4 is 10.6 Å². The Morgan fingerprint density at radius 1 is 1.42 bits per heavy atom. The topological polar surface area (TPSA) is 36.4 Å². The summed E-state index contributed by atoms with van der Waals surface area (Å²) < 4.78 is 13.0. The Morgan fingerprint density at radius 3 is 2.79 bits per heavy atom. The minimum atomic E-state index is -0.398. The van der Waals surface area contributed by atoms with Crippen molar-refractivity contribution in [2.24, 2.45) is 4.99 Å². The number of aliphatic imine (C=N–C) groups is 1. The minimum Gasteiger partial charge on any atom is -0.353 e. The number of rotatable bonds is 3. The molecule has 1 aliphatic carbocycles. The zero-order valence-electron chi connectivity index (χ0n) is 10.8. The molecular weight excluding hydrogens is 265 g/mol. The van der Waals surface area contributed by atoms with Gasteiger partial charge in [-0.1, -0.05) is 29.8 Å². The molecule has 1 aliphatic rings. The van der Waals surface area contributed by atoms with E-state index in [1.807, 2.05) is 0 Å². The SMILES string of the molecule is CN=C(NCc1ccc(F)c(Cl)c1)NC1CC=CC1. The second kappa shape index (κ2) is 6.57. The van der Waals surface area contributed by atoms with Crippen LogP contribution in [0.5, 0.6) is 0 Å². The maximum absolute atomic E-state index is 13.0. The smallest absolute Gasteiger partial charge is 0.191 e. The Labute approximate surface area is 117 Å². The molecule has 0 aliphatic heterocycles. The number of hydrogen-bond donors (Lipinski definition) is 2. The van der Waals surface area contributed by atoms with Crippen LogP contribution in [-0.2, 0) is 6.54 Å². The van der Waals surface area contributed by atoms with Crippen LogP contribution >= 0.6 is 11.6 Å². The van der Waals surface area contributed by atoms with Crippen molar-refractivity contribution in [3.8, 4) is 0 Å². The van der Waals surface area contributed by atoms with Gasteiger partial charge in [0, 0.05) is 19.6 Å². The third-order valence-corrected chi connectivity index (χ3v) is 3.31. The lowest BCUT2D eigenvalue weighted by Crippen LogP contribution is -2.42. The lowest BCUT2D eigenvalue weighted by atomic mass is 10.2. The fourth-order valence-electron chi connectivity index (χ4n) is 1.96. The summed E-state index contributed by atoms with van der Waals surface area (Å²) in [4.78, 5) is 4.17. The van der Waals surface area contributed by atoms with Gasteiger partial charge < -0.3 is 10.6 Å². The molecule has 102 valence electrons. The summed E-state index contributed by atoms with van der Waals surface area (Å²) in [5, 5.41) is 6.66. The van der Waals surface area contributed by atoms with Gasteiger partial charge in [0.25, 0.3) is 0 Å². The van der Waals surface area contributed by atoms with E-state index in [0.717, 1.165) is 24.4 Å². The first kappa shape index (κ1) is 13.9. The van der Waals surface area contributed by atoms with E-state index in [4.69, 9.17) is 11.6 Å². The van der Waals surface area contributed by atoms with Crippen molar-refractivity contribution in [1.82, 2.24) is 10.6 Å². The second-order valence-electron chi connectivity index (χ2n) is 4.46. The highest BCUT2D eigenvalue weighted by atomic mass is 35.5. The Morgan fingerprint density at radius 2 is 2.16 bits per heavy atom. The van der Waals surface area contributed by atoms with E-state index in [-0.39, 0.29) is 5.02 Å². The van der Waals surface area contributed by atoms with E-state index in [1.54, 1.807) is 19.2 Å². The van der Waals surface area contributed by atoms with Gasteiger partial charge in [0.1, 0.15) is 5.82 Å². The first-order valence-electron chi connectivity index (χ1n) is 6.25. The zero-order chi connectivity index (χ0) is 13.7. The van der Waals surface area contributed by atoms with Crippen molar-refractivity contribution in [3.63, 3.8) is 0 Å². The van der Waals surface area contributed by atoms with E-state index >= 15 is 0 Å². The third-order valence-electron chi connectivity index (χ3n) is 3.02. The van der Waals surface area contributed by atoms with Gasteiger partial charge in [-0.15, -0.1) is 0 Å². The Bertz CT molecular complexity index is 491. The summed E-state index contributed by atoms with van der Waals surface area (Å²) in [7, 11) is 1.73. The predicted molar refractivity (Wildman–Crippen MR) is 76.9 cm³/mol. The van der Waals surface area contributed by atoms with Crippen molar-refractivity contribution < 1.29 is 4.39 Å². The summed E-state index contributed by atoms with van der Waals surface area (Å²) in [5.41, 5.74) is 0.916. The lowest BCUT2D eigenvalue weighted by Gasteiger charge is -2.17. The maximum Gasteiger partial charge on any atom is 0.191 e. The predicted octanol–water partition coefficient (Wildman–Crippen LogP) is 2.86. The molecule has 3 nitrogen and oxygen atoms in total. The molecule has 2 rings (SSSR count). The van der Waals surface area contributed by atoms with Crippen LogP contribution in [-0.4, -0.2) is 19.0 Å². The number of benzene rings is 1. The van der Waals surface area contributed by atoms with Gasteiger partial charge in [0.2, 0.25) is 0 Å². The molecule has 0 spiro atoms. The van der Waals surface area contributed by atoms with Crippen LogP contribution in [0.1, 0.15) is 18.4 Å². The van der Waals surface area contributed by atoms with Gasteiger partial charge in [-0.2, -0.15) is 0 Å². The van der Waals surface area contributed by atoms with Gasteiger partial charge in [-0.05, 0) is 30.5 Å². The number of nitrogens with one attached hydrogen (secondary N) is 2. The van der Waals surface area contributed by atoms with Crippen LogP contribution in [0.4, 0.5) is 4.39 Å². The molecule has 2 N–H and O–H groups in total. The van der Waals surface area contributed by atoms with Crippen molar-refractivity contribution in [2.45, 2.75) is 25.4 Å². The molecule has 0 unspecified atom stereocenters. The van der Waals surface area contributed by atoms with E-state index in [2.05, 4.69) is 27.8 Å². The number of halogens is 2. The van der Waals surface area contributed by atoms with Crippen LogP contribution in [0.15, 0.2) is 35.3 Å². The molecule has 0 radical (unpaired) electrons. The van der Waals surface area contributed by atoms with Gasteiger partial charge in [0.05, 0.1) is 5.02 Å². The molecule has 0 amide bonds. The Kier molecular flexibility index (Phi) is 4.80. The molecule has 0 bridgehead atoms. The standard InChI is InChI=1S/C14H17ClFN3/c1-17-14(19-11-4-2-3-5-11)18-9-10-6-7-13(16)12(15)8-10/h2-3,6-8,11H,4-5,9H2,1H3,(H2,17,18,19). The Balaban J connectivity index is 1.87. The second-order valence-corrected chi connectivity index (χ2v) is 4.87. The highest BCUT2D eigenvalue weighted by molar-refractivity contribution is 6.30. The molecular formula is C14H17ClFN3. The first-order chi connectivity index (χ1) is 9.19. The fourth-order valence-corrected chi connectivity index (χ4v) is 2.16. The molecule has 5 heteroatoms. The molecule has 0 saturated heterocycles. The van der Waals surface area contributed by atoms with Crippen molar-refractivity contribution in [2.75, 3.05) is 7.05 Å². The molecule has 1 aromatic rings. The van der Waals surface area contributed by atoms with Crippen LogP contribution in [0, 0.1) is 5.82 Å². The lowest BCUT2D eigenvalue weighted by molar-refractivity contribution is 0.625. The molecule has 19 heavy (non-hydrogen) atoms. The van der Waals surface area contributed by atoms with E-state index in [1.165, 1.54) is 6.07 Å². The normalized spacial score (nSPS) is 15.8. The summed E-state index contributed by atoms with van der Waals surface area (Å²) >= 11 is 5.74. The highest BCUT2D eigenvalue weighted by Crippen LogP contribution is 2.15. The number of hydrogen-bond acceptors (Lipinski definition) is 1. The fraction of sp³-hybridized carbons (Fsp3) is 0.357. The van der Waals surface area contributed by atoms with Crippen molar-refractivity contribution in [1.29, 1.82) is 0 Å². The highest BCUT2D eigenvalue weighted by Gasteiger charge is 2.11. The quantitative estimate of drug-likeness (QED) is 0.508. The third kappa shape index (κ3) is 3.96. The Hall–Kier alpha value is -1.55. The van der Waals surface area contributed by atoms with E-state index in [0.29, 0.717) is 12.6 Å². The summed E-state index contributed by atoms with van der Waals surface area (Å²) in [6, 6.07) is 5.10. The number of nitrogens with zero attached hydrogens (tertiary/aromatic N) is 1. The molecule has 0 aromatic heterocycles. The number of guanidine groups is 1. The first-order valence-corrected chi connectivity index (χ1v) is 6.63. The molecule has 0 saturated carbocycles. The van der Waals surface area contributed by atoms with Gasteiger partial charge in [-0.3, -0.25) is 4.99 Å². The summed E-state index contributed by atoms with van der Waals surface area (Å²) in [5.74, 6) is 0.346. The van der Waals surface area contributed by atoms with Gasteiger partial charge in [-0.25, -0.2) is 4.39 Å². The monoisotopic (exact) mass is 281 g/mol. The van der Waals surface area contributed by atoms with Crippen LogP contribution in [0.3, 0.4) is 0 Å².